The number of carbonyl (C=O) groups excluding carboxylic acids is 3. The molecule has 0 saturated carbocycles. The number of rotatable bonds is 15. The summed E-state index contributed by atoms with van der Waals surface area (Å²) in [6.07, 6.45) is 3.60. The van der Waals surface area contributed by atoms with Gasteiger partial charge in [-0.25, -0.2) is 0 Å². The number of nitrogens with zero attached hydrogens (tertiary/aromatic N) is 2. The minimum Gasteiger partial charge on any atom is -0.343 e. The van der Waals surface area contributed by atoms with Crippen LogP contribution in [0.25, 0.3) is 10.9 Å². The van der Waals surface area contributed by atoms with E-state index in [2.05, 4.69) is 15.6 Å². The van der Waals surface area contributed by atoms with Gasteiger partial charge in [0.1, 0.15) is 6.04 Å². The normalized spacial score (nSPS) is 12.5. The number of anilines is 1. The Bertz CT molecular complexity index is 1210. The second-order valence-electron chi connectivity index (χ2n) is 9.47. The first-order valence-corrected chi connectivity index (χ1v) is 13.3. The molecule has 1 aromatic heterocycles. The van der Waals surface area contributed by atoms with E-state index in [-0.39, 0.29) is 18.2 Å². The molecule has 3 aromatic rings. The molecule has 3 rings (SSSR count). The summed E-state index contributed by atoms with van der Waals surface area (Å²) >= 11 is 0. The lowest BCUT2D eigenvalue weighted by atomic mass is 10.0. The maximum atomic E-state index is 13.3. The number of nitrogens with two attached hydrogens (primary N) is 3. The molecule has 0 radical (unpaired) electrons. The van der Waals surface area contributed by atoms with Crippen LogP contribution in [0, 0.1) is 0 Å². The third kappa shape index (κ3) is 9.43. The third-order valence-corrected chi connectivity index (χ3v) is 6.40. The number of amides is 3. The number of hydrogen-bond donors (Lipinski definition) is 5. The van der Waals surface area contributed by atoms with Gasteiger partial charge in [0.2, 0.25) is 17.7 Å². The zero-order chi connectivity index (χ0) is 28.0. The van der Waals surface area contributed by atoms with E-state index < -0.39 is 18.0 Å². The fourth-order valence-electron chi connectivity index (χ4n) is 4.21. The van der Waals surface area contributed by atoms with Gasteiger partial charge < -0.3 is 32.7 Å². The number of nitrogens with one attached hydrogen (secondary N) is 2. The molecular weight excluding hydrogens is 494 g/mol. The van der Waals surface area contributed by atoms with Crippen LogP contribution in [0.5, 0.6) is 0 Å². The predicted octanol–water partition coefficient (Wildman–Crippen LogP) is 1.53. The van der Waals surface area contributed by atoms with Crippen LogP contribution >= 0.6 is 0 Å². The van der Waals surface area contributed by atoms with Gasteiger partial charge in [0.15, 0.2) is 0 Å². The van der Waals surface area contributed by atoms with Gasteiger partial charge in [0, 0.05) is 18.5 Å². The molecule has 8 N–H and O–H groups in total. The molecule has 2 aromatic carbocycles. The highest BCUT2D eigenvalue weighted by Crippen LogP contribution is 2.17. The van der Waals surface area contributed by atoms with Gasteiger partial charge in [0.25, 0.3) is 0 Å². The van der Waals surface area contributed by atoms with Crippen LogP contribution in [-0.2, 0) is 20.8 Å². The highest BCUT2D eigenvalue weighted by molar-refractivity contribution is 5.99. The maximum absolute atomic E-state index is 13.3. The van der Waals surface area contributed by atoms with E-state index in [9.17, 15) is 14.4 Å². The van der Waals surface area contributed by atoms with E-state index in [4.69, 9.17) is 17.2 Å². The fraction of sp³-hybridized carbons (Fsp3) is 0.379. The molecule has 0 bridgehead atoms. The number of aromatic nitrogens is 1. The largest absolute Gasteiger partial charge is 0.343 e. The molecule has 0 unspecified atom stereocenters. The van der Waals surface area contributed by atoms with E-state index in [1.165, 1.54) is 0 Å². The van der Waals surface area contributed by atoms with E-state index in [0.29, 0.717) is 57.5 Å². The van der Waals surface area contributed by atoms with Crippen molar-refractivity contribution in [3.05, 3.63) is 72.4 Å². The zero-order valence-electron chi connectivity index (χ0n) is 22.2. The topological polar surface area (TPSA) is 169 Å². The molecule has 0 aliphatic carbocycles. The van der Waals surface area contributed by atoms with E-state index >= 15 is 0 Å². The summed E-state index contributed by atoms with van der Waals surface area (Å²) in [5, 5.41) is 6.52. The Morgan fingerprint density at radius 1 is 0.897 bits per heavy atom. The predicted molar refractivity (Wildman–Crippen MR) is 154 cm³/mol. The Morgan fingerprint density at radius 2 is 1.56 bits per heavy atom. The first-order valence-electron chi connectivity index (χ1n) is 13.3. The molecule has 2 atom stereocenters. The lowest BCUT2D eigenvalue weighted by Crippen LogP contribution is -2.51. The lowest BCUT2D eigenvalue weighted by molar-refractivity contribution is -0.135. The fourth-order valence-corrected chi connectivity index (χ4v) is 4.21. The Labute approximate surface area is 229 Å². The molecule has 10 nitrogen and oxygen atoms in total. The van der Waals surface area contributed by atoms with Crippen molar-refractivity contribution < 1.29 is 14.4 Å². The summed E-state index contributed by atoms with van der Waals surface area (Å²) in [7, 11) is 0. The van der Waals surface area contributed by atoms with Crippen molar-refractivity contribution in [1.29, 1.82) is 0 Å². The van der Waals surface area contributed by atoms with E-state index in [0.717, 1.165) is 16.5 Å². The van der Waals surface area contributed by atoms with Gasteiger partial charge in [-0.15, -0.1) is 0 Å². The van der Waals surface area contributed by atoms with Crippen LogP contribution in [-0.4, -0.2) is 65.9 Å². The first-order chi connectivity index (χ1) is 18.9. The van der Waals surface area contributed by atoms with Crippen LogP contribution in [0.4, 0.5) is 5.69 Å². The number of fused-ring (bicyclic) bond motifs is 1. The third-order valence-electron chi connectivity index (χ3n) is 6.40. The summed E-state index contributed by atoms with van der Waals surface area (Å²) in [6.45, 7) is 1.85. The van der Waals surface area contributed by atoms with Crippen LogP contribution in [0.2, 0.25) is 0 Å². The van der Waals surface area contributed by atoms with E-state index in [1.54, 1.807) is 11.1 Å². The number of pyridine rings is 1. The lowest BCUT2D eigenvalue weighted by Gasteiger charge is -2.25. The van der Waals surface area contributed by atoms with Crippen molar-refractivity contribution in [2.75, 3.05) is 31.5 Å². The summed E-state index contributed by atoms with van der Waals surface area (Å²) in [5.41, 5.74) is 19.7. The number of benzene rings is 2. The highest BCUT2D eigenvalue weighted by Gasteiger charge is 2.26. The molecule has 0 aliphatic heterocycles. The Morgan fingerprint density at radius 3 is 2.26 bits per heavy atom. The smallest absolute Gasteiger partial charge is 0.247 e. The molecule has 0 saturated heterocycles. The average Bonchev–Trinajstić information content (AvgIpc) is 2.95. The van der Waals surface area contributed by atoms with Crippen LogP contribution in [0.3, 0.4) is 0 Å². The van der Waals surface area contributed by atoms with Gasteiger partial charge in [-0.3, -0.25) is 19.4 Å². The monoisotopic (exact) mass is 533 g/mol. The van der Waals surface area contributed by atoms with E-state index in [1.807, 2.05) is 60.7 Å². The summed E-state index contributed by atoms with van der Waals surface area (Å²) in [4.78, 5) is 45.2. The van der Waals surface area contributed by atoms with Crippen molar-refractivity contribution in [2.45, 2.75) is 44.2 Å². The molecule has 3 amide bonds. The van der Waals surface area contributed by atoms with Gasteiger partial charge in [-0.2, -0.15) is 0 Å². The number of aryl methyl sites for hydroxylation is 1. The molecule has 0 fully saturated rings. The minimum absolute atomic E-state index is 0.178. The standard InChI is InChI=1S/C29H39N7O3/c30-14-6-16-36(17-7-15-31)27(37)19-24(32)28(38)35-26(13-12-21-8-2-1-3-9-21)29(39)34-23-18-22-10-4-5-11-25(22)33-20-23/h1-5,8-11,18,20,24,26H,6-7,12-17,19,30-32H2,(H,34,39)(H,35,38)/t24-,26-/m0/s1. The van der Waals surface area contributed by atoms with Gasteiger partial charge in [-0.05, 0) is 56.5 Å². The molecule has 0 spiro atoms. The van der Waals surface area contributed by atoms with Gasteiger partial charge in [-0.1, -0.05) is 48.5 Å². The number of para-hydroxylation sites is 1. The van der Waals surface area contributed by atoms with Crippen molar-refractivity contribution in [2.24, 2.45) is 17.2 Å². The maximum Gasteiger partial charge on any atom is 0.247 e. The SMILES string of the molecule is NCCCN(CCCN)C(=O)C[C@H](N)C(=O)N[C@@H](CCc1ccccc1)C(=O)Nc1cnc2ccccc2c1. The zero-order valence-corrected chi connectivity index (χ0v) is 22.2. The molecule has 208 valence electrons. The Hall–Kier alpha value is -3.86. The summed E-state index contributed by atoms with van der Waals surface area (Å²) in [6, 6.07) is 17.1. The first kappa shape index (κ1) is 29.7. The molecule has 0 aliphatic rings. The summed E-state index contributed by atoms with van der Waals surface area (Å²) < 4.78 is 0. The second kappa shape index (κ2) is 15.5. The molecular formula is C29H39N7O3. The van der Waals surface area contributed by atoms with Crippen LogP contribution in [0.15, 0.2) is 66.9 Å². The van der Waals surface area contributed by atoms with Crippen LogP contribution in [0.1, 0.15) is 31.2 Å². The second-order valence-corrected chi connectivity index (χ2v) is 9.47. The minimum atomic E-state index is -1.11. The van der Waals surface area contributed by atoms with Gasteiger partial charge in [0.05, 0.1) is 29.9 Å². The Balaban J connectivity index is 1.68. The van der Waals surface area contributed by atoms with Crippen LogP contribution < -0.4 is 27.8 Å². The van der Waals surface area contributed by atoms with Gasteiger partial charge >= 0.3 is 0 Å². The molecule has 10 heteroatoms. The number of hydrogen-bond acceptors (Lipinski definition) is 7. The quantitative estimate of drug-likeness (QED) is 0.197. The average molecular weight is 534 g/mol. The highest BCUT2D eigenvalue weighted by atomic mass is 16.2. The Kier molecular flexibility index (Phi) is 11.8. The molecule has 39 heavy (non-hydrogen) atoms. The van der Waals surface area contributed by atoms with Crippen molar-refractivity contribution in [3.8, 4) is 0 Å². The summed E-state index contributed by atoms with van der Waals surface area (Å²) in [5.74, 6) is -1.19. The molecule has 1 heterocycles. The number of carbonyl (C=O) groups is 3. The van der Waals surface area contributed by atoms with Crippen molar-refractivity contribution in [3.63, 3.8) is 0 Å². The van der Waals surface area contributed by atoms with Crippen molar-refractivity contribution >= 4 is 34.3 Å². The van der Waals surface area contributed by atoms with Crippen molar-refractivity contribution in [1.82, 2.24) is 15.2 Å².